The zero-order valence-corrected chi connectivity index (χ0v) is 21.9. The summed E-state index contributed by atoms with van der Waals surface area (Å²) in [5, 5.41) is 6.95. The Morgan fingerprint density at radius 3 is 2.12 bits per heavy atom. The maximum Gasteiger partial charge on any atom is 0.164 e. The summed E-state index contributed by atoms with van der Waals surface area (Å²) in [7, 11) is 0. The van der Waals surface area contributed by atoms with Gasteiger partial charge in [0.15, 0.2) is 17.5 Å². The van der Waals surface area contributed by atoms with Crippen molar-refractivity contribution >= 4 is 27.8 Å². The number of furan rings is 1. The molecule has 1 atom stereocenters. The first-order valence-corrected chi connectivity index (χ1v) is 13.7. The van der Waals surface area contributed by atoms with Crippen molar-refractivity contribution in [1.82, 2.24) is 20.3 Å². The Kier molecular flexibility index (Phi) is 4.61. The summed E-state index contributed by atoms with van der Waals surface area (Å²) in [4.78, 5) is 15.3. The largest absolute Gasteiger partial charge is 0.456 e. The van der Waals surface area contributed by atoms with Crippen LogP contribution >= 0.6 is 0 Å². The summed E-state index contributed by atoms with van der Waals surface area (Å²) in [6.07, 6.45) is 3.88. The van der Waals surface area contributed by atoms with E-state index in [1.807, 2.05) is 60.8 Å². The summed E-state index contributed by atoms with van der Waals surface area (Å²) in [6.45, 7) is 0. The lowest BCUT2D eigenvalue weighted by atomic mass is 9.97. The Labute approximate surface area is 235 Å². The van der Waals surface area contributed by atoms with Crippen molar-refractivity contribution in [3.05, 3.63) is 133 Å². The second-order valence-electron chi connectivity index (χ2n) is 10.5. The second-order valence-corrected chi connectivity index (χ2v) is 10.5. The number of aromatic nitrogens is 3. The lowest BCUT2D eigenvalue weighted by Gasteiger charge is -2.21. The Balaban J connectivity index is 1.29. The van der Waals surface area contributed by atoms with Crippen LogP contribution in [0.15, 0.2) is 120 Å². The maximum atomic E-state index is 6.20. The van der Waals surface area contributed by atoms with Gasteiger partial charge in [0, 0.05) is 28.3 Å². The fraction of sp³-hybridized carbons (Fsp3) is 0.0278. The summed E-state index contributed by atoms with van der Waals surface area (Å²) < 4.78 is 6.20. The highest BCUT2D eigenvalue weighted by molar-refractivity contribution is 6.18. The van der Waals surface area contributed by atoms with Gasteiger partial charge in [0.2, 0.25) is 0 Å². The molecule has 1 aliphatic heterocycles. The molecule has 2 aliphatic rings. The molecule has 1 aliphatic carbocycles. The Bertz CT molecular complexity index is 2170. The molecular formula is C36H22N4O. The highest BCUT2D eigenvalue weighted by Crippen LogP contribution is 2.49. The van der Waals surface area contributed by atoms with E-state index in [-0.39, 0.29) is 6.04 Å². The molecule has 192 valence electrons. The van der Waals surface area contributed by atoms with Crippen molar-refractivity contribution in [2.45, 2.75) is 6.04 Å². The third-order valence-corrected chi connectivity index (χ3v) is 8.18. The minimum Gasteiger partial charge on any atom is -0.456 e. The number of benzene rings is 5. The predicted molar refractivity (Wildman–Crippen MR) is 163 cm³/mol. The van der Waals surface area contributed by atoms with E-state index in [0.29, 0.717) is 17.5 Å². The summed E-state index contributed by atoms with van der Waals surface area (Å²) in [5.41, 5.74) is 8.85. The molecule has 0 saturated heterocycles. The van der Waals surface area contributed by atoms with Crippen molar-refractivity contribution in [2.24, 2.45) is 0 Å². The van der Waals surface area contributed by atoms with Crippen molar-refractivity contribution in [1.29, 1.82) is 0 Å². The molecule has 5 heteroatoms. The van der Waals surface area contributed by atoms with Crippen molar-refractivity contribution in [3.8, 4) is 45.0 Å². The predicted octanol–water partition coefficient (Wildman–Crippen LogP) is 8.42. The molecule has 1 N–H and O–H groups in total. The number of fused-ring (bicyclic) bond motifs is 6. The van der Waals surface area contributed by atoms with Crippen LogP contribution < -0.4 is 5.32 Å². The van der Waals surface area contributed by atoms with Crippen LogP contribution in [0.5, 0.6) is 0 Å². The summed E-state index contributed by atoms with van der Waals surface area (Å²) in [5.74, 6) is 2.76. The highest BCUT2D eigenvalue weighted by Gasteiger charge is 2.29. The first-order valence-electron chi connectivity index (χ1n) is 13.7. The first-order chi connectivity index (χ1) is 20.3. The molecule has 0 fully saturated rings. The van der Waals surface area contributed by atoms with Crippen LogP contribution in [-0.2, 0) is 0 Å². The van der Waals surface area contributed by atoms with Crippen LogP contribution in [0.4, 0.5) is 0 Å². The SMILES string of the molecule is C1=Cc2oc3ccccc3c2C(c2nc(-c3ccccc3)nc(-c3ccc4c5c(cccc35)-c3ccccc3-4)n2)N1. The molecule has 0 bridgehead atoms. The van der Waals surface area contributed by atoms with Crippen LogP contribution in [0.25, 0.3) is 72.8 Å². The van der Waals surface area contributed by atoms with Gasteiger partial charge in [0.25, 0.3) is 0 Å². The molecule has 0 radical (unpaired) electrons. The van der Waals surface area contributed by atoms with E-state index >= 15 is 0 Å². The molecule has 9 rings (SSSR count). The van der Waals surface area contributed by atoms with Gasteiger partial charge in [0.05, 0.1) is 0 Å². The number of nitrogens with one attached hydrogen (secondary N) is 1. The van der Waals surface area contributed by atoms with E-state index in [0.717, 1.165) is 38.8 Å². The van der Waals surface area contributed by atoms with E-state index in [9.17, 15) is 0 Å². The standard InChI is InChI=1S/C36H22N4O/c1-2-9-21(10-3-1)34-38-35(27-18-17-26-23-12-5-4-11-22(23)24-14-8-15-25(27)31(24)26)40-36(39-34)33-32-28-13-6-7-16-29(28)41-30(32)19-20-37-33/h1-20,33,37H. The molecule has 0 amide bonds. The molecule has 2 aromatic heterocycles. The monoisotopic (exact) mass is 526 g/mol. The van der Waals surface area contributed by atoms with Crippen LogP contribution in [0.2, 0.25) is 0 Å². The van der Waals surface area contributed by atoms with Gasteiger partial charge in [-0.2, -0.15) is 0 Å². The first kappa shape index (κ1) is 22.3. The number of rotatable bonds is 3. The minimum absolute atomic E-state index is 0.288. The van der Waals surface area contributed by atoms with Gasteiger partial charge in [-0.15, -0.1) is 0 Å². The fourth-order valence-corrected chi connectivity index (χ4v) is 6.37. The molecule has 3 heterocycles. The molecule has 5 nitrogen and oxygen atoms in total. The molecular weight excluding hydrogens is 504 g/mol. The number of para-hydroxylation sites is 1. The topological polar surface area (TPSA) is 63.8 Å². The molecule has 0 saturated carbocycles. The van der Waals surface area contributed by atoms with Crippen LogP contribution in [0.1, 0.15) is 23.2 Å². The van der Waals surface area contributed by atoms with Crippen LogP contribution in [0, 0.1) is 0 Å². The Hall–Kier alpha value is -5.55. The van der Waals surface area contributed by atoms with Crippen molar-refractivity contribution in [2.75, 3.05) is 0 Å². The Morgan fingerprint density at radius 2 is 1.24 bits per heavy atom. The normalized spacial score (nSPS) is 14.7. The third-order valence-electron chi connectivity index (χ3n) is 8.18. The Morgan fingerprint density at radius 1 is 0.561 bits per heavy atom. The van der Waals surface area contributed by atoms with Crippen molar-refractivity contribution in [3.63, 3.8) is 0 Å². The van der Waals surface area contributed by atoms with Crippen LogP contribution in [-0.4, -0.2) is 15.0 Å². The van der Waals surface area contributed by atoms with E-state index in [4.69, 9.17) is 19.4 Å². The fourth-order valence-electron chi connectivity index (χ4n) is 6.37. The number of hydrogen-bond acceptors (Lipinski definition) is 5. The van der Waals surface area contributed by atoms with Crippen LogP contribution in [0.3, 0.4) is 0 Å². The van der Waals surface area contributed by atoms with Gasteiger partial charge in [-0.1, -0.05) is 97.1 Å². The van der Waals surface area contributed by atoms with Gasteiger partial charge < -0.3 is 9.73 Å². The second kappa shape index (κ2) is 8.47. The molecule has 5 aromatic carbocycles. The van der Waals surface area contributed by atoms with Gasteiger partial charge in [-0.25, -0.2) is 15.0 Å². The zero-order chi connectivity index (χ0) is 26.9. The van der Waals surface area contributed by atoms with Gasteiger partial charge in [-0.05, 0) is 51.2 Å². The van der Waals surface area contributed by atoms with Gasteiger partial charge in [0.1, 0.15) is 17.4 Å². The van der Waals surface area contributed by atoms with E-state index in [2.05, 4.69) is 66.0 Å². The third kappa shape index (κ3) is 3.26. The van der Waals surface area contributed by atoms with E-state index in [1.54, 1.807) is 0 Å². The average Bonchev–Trinajstić information content (AvgIpc) is 3.59. The lowest BCUT2D eigenvalue weighted by Crippen LogP contribution is -2.23. The highest BCUT2D eigenvalue weighted by atomic mass is 16.3. The summed E-state index contributed by atoms with van der Waals surface area (Å²) in [6, 6.07) is 37.4. The average molecular weight is 527 g/mol. The lowest BCUT2D eigenvalue weighted by molar-refractivity contribution is 0.574. The maximum absolute atomic E-state index is 6.20. The molecule has 0 spiro atoms. The smallest absolute Gasteiger partial charge is 0.164 e. The van der Waals surface area contributed by atoms with Gasteiger partial charge >= 0.3 is 0 Å². The molecule has 7 aromatic rings. The quantitative estimate of drug-likeness (QED) is 0.250. The number of nitrogens with zero attached hydrogens (tertiary/aromatic N) is 3. The van der Waals surface area contributed by atoms with Gasteiger partial charge in [-0.3, -0.25) is 0 Å². The number of hydrogen-bond donors (Lipinski definition) is 1. The van der Waals surface area contributed by atoms with E-state index < -0.39 is 0 Å². The summed E-state index contributed by atoms with van der Waals surface area (Å²) >= 11 is 0. The molecule has 1 unspecified atom stereocenters. The van der Waals surface area contributed by atoms with E-state index in [1.165, 1.54) is 27.6 Å². The molecule has 41 heavy (non-hydrogen) atoms. The minimum atomic E-state index is -0.288. The zero-order valence-electron chi connectivity index (χ0n) is 21.9. The van der Waals surface area contributed by atoms with Crippen molar-refractivity contribution < 1.29 is 4.42 Å².